The maximum atomic E-state index is 11.1. The van der Waals surface area contributed by atoms with Gasteiger partial charge in [-0.3, -0.25) is 9.69 Å². The van der Waals surface area contributed by atoms with Crippen LogP contribution in [-0.4, -0.2) is 28.4 Å². The molecule has 1 unspecified atom stereocenters. The number of amides is 1. The molecule has 0 saturated heterocycles. The van der Waals surface area contributed by atoms with Crippen LogP contribution in [0, 0.1) is 0 Å². The molecule has 1 aromatic rings. The van der Waals surface area contributed by atoms with Crippen molar-refractivity contribution in [2.75, 3.05) is 6.54 Å². The molecule has 1 aromatic heterocycles. The summed E-state index contributed by atoms with van der Waals surface area (Å²) < 4.78 is 0. The molecule has 4 nitrogen and oxygen atoms in total. The third-order valence-corrected chi connectivity index (χ3v) is 3.90. The maximum Gasteiger partial charge on any atom is 0.231 e. The van der Waals surface area contributed by atoms with E-state index in [0.29, 0.717) is 5.88 Å². The van der Waals surface area contributed by atoms with Crippen molar-refractivity contribution in [3.05, 3.63) is 16.1 Å². The van der Waals surface area contributed by atoms with E-state index in [2.05, 4.69) is 4.98 Å². The normalized spacial score (nSPS) is 13.3. The van der Waals surface area contributed by atoms with Crippen LogP contribution in [0.4, 0.5) is 0 Å². The molecule has 1 rings (SSSR count). The van der Waals surface area contributed by atoms with Crippen LogP contribution in [0.25, 0.3) is 0 Å². The van der Waals surface area contributed by atoms with Crippen LogP contribution in [-0.2, 0) is 10.7 Å². The van der Waals surface area contributed by atoms with Crippen molar-refractivity contribution in [1.29, 1.82) is 0 Å². The zero-order valence-electron chi connectivity index (χ0n) is 10.3. The van der Waals surface area contributed by atoms with E-state index in [1.165, 1.54) is 0 Å². The van der Waals surface area contributed by atoms with E-state index in [9.17, 15) is 4.79 Å². The summed E-state index contributed by atoms with van der Waals surface area (Å²) in [6, 6.07) is 0.310. The number of carbonyl (C=O) groups excluding carboxylic acids is 1. The van der Waals surface area contributed by atoms with Gasteiger partial charge in [-0.1, -0.05) is 0 Å². The molecule has 2 N–H and O–H groups in total. The van der Waals surface area contributed by atoms with E-state index in [1.807, 2.05) is 31.1 Å². The van der Waals surface area contributed by atoms with Gasteiger partial charge in [0.1, 0.15) is 5.01 Å². The van der Waals surface area contributed by atoms with Gasteiger partial charge in [0.25, 0.3) is 0 Å². The highest BCUT2D eigenvalue weighted by molar-refractivity contribution is 7.09. The maximum absolute atomic E-state index is 11.1. The molecule has 17 heavy (non-hydrogen) atoms. The number of primary amides is 1. The van der Waals surface area contributed by atoms with Gasteiger partial charge in [0.15, 0.2) is 0 Å². The average molecular weight is 276 g/mol. The Balaban J connectivity index is 2.83. The number of rotatable bonds is 6. The van der Waals surface area contributed by atoms with Gasteiger partial charge in [0.05, 0.1) is 24.2 Å². The monoisotopic (exact) mass is 275 g/mol. The topological polar surface area (TPSA) is 59.2 Å². The summed E-state index contributed by atoms with van der Waals surface area (Å²) in [5.74, 6) is 0.0976. The number of thiazole rings is 1. The quantitative estimate of drug-likeness (QED) is 0.809. The van der Waals surface area contributed by atoms with Crippen molar-refractivity contribution in [2.24, 2.45) is 5.73 Å². The van der Waals surface area contributed by atoms with Crippen molar-refractivity contribution < 1.29 is 4.79 Å². The Morgan fingerprint density at radius 2 is 2.24 bits per heavy atom. The van der Waals surface area contributed by atoms with Crippen LogP contribution in [0.1, 0.15) is 37.5 Å². The predicted octanol–water partition coefficient (Wildman–Crippen LogP) is 2.14. The molecule has 0 aliphatic carbocycles. The van der Waals surface area contributed by atoms with E-state index in [0.717, 1.165) is 10.7 Å². The number of hydrogen-bond acceptors (Lipinski definition) is 4. The fourth-order valence-electron chi connectivity index (χ4n) is 1.66. The van der Waals surface area contributed by atoms with Crippen molar-refractivity contribution in [1.82, 2.24) is 9.88 Å². The lowest BCUT2D eigenvalue weighted by molar-refractivity contribution is -0.120. The Bertz CT molecular complexity index is 381. The van der Waals surface area contributed by atoms with Crippen molar-refractivity contribution in [3.63, 3.8) is 0 Å². The minimum atomic E-state index is -0.320. The van der Waals surface area contributed by atoms with Crippen LogP contribution >= 0.6 is 22.9 Å². The molecule has 1 atom stereocenters. The molecule has 96 valence electrons. The molecule has 0 aliphatic rings. The van der Waals surface area contributed by atoms with Gasteiger partial charge >= 0.3 is 0 Å². The predicted molar refractivity (Wildman–Crippen MR) is 71.1 cm³/mol. The van der Waals surface area contributed by atoms with E-state index >= 15 is 0 Å². The summed E-state index contributed by atoms with van der Waals surface area (Å²) in [4.78, 5) is 17.5. The Labute approximate surface area is 111 Å². The molecule has 1 heterocycles. The fourth-order valence-corrected chi connectivity index (χ4v) is 2.79. The number of aromatic nitrogens is 1. The van der Waals surface area contributed by atoms with Gasteiger partial charge in [-0.2, -0.15) is 0 Å². The summed E-state index contributed by atoms with van der Waals surface area (Å²) >= 11 is 7.29. The first-order valence-electron chi connectivity index (χ1n) is 5.50. The highest BCUT2D eigenvalue weighted by atomic mass is 35.5. The van der Waals surface area contributed by atoms with Crippen molar-refractivity contribution in [3.8, 4) is 0 Å². The second-order valence-corrected chi connectivity index (χ2v) is 5.38. The molecule has 0 radical (unpaired) electrons. The van der Waals surface area contributed by atoms with E-state index in [-0.39, 0.29) is 24.5 Å². The minimum absolute atomic E-state index is 0.0736. The molecule has 0 aliphatic heterocycles. The van der Waals surface area contributed by atoms with Gasteiger partial charge in [-0.05, 0) is 20.8 Å². The van der Waals surface area contributed by atoms with Crippen LogP contribution < -0.4 is 5.73 Å². The zero-order valence-corrected chi connectivity index (χ0v) is 11.9. The number of hydrogen-bond donors (Lipinski definition) is 1. The summed E-state index contributed by atoms with van der Waals surface area (Å²) in [5.41, 5.74) is 6.14. The summed E-state index contributed by atoms with van der Waals surface area (Å²) in [6.07, 6.45) is 0. The van der Waals surface area contributed by atoms with Gasteiger partial charge in [0, 0.05) is 11.4 Å². The summed E-state index contributed by atoms with van der Waals surface area (Å²) in [7, 11) is 0. The summed E-state index contributed by atoms with van der Waals surface area (Å²) in [5, 5.41) is 2.91. The van der Waals surface area contributed by atoms with E-state index in [4.69, 9.17) is 17.3 Å². The smallest absolute Gasteiger partial charge is 0.231 e. The second-order valence-electron chi connectivity index (χ2n) is 4.22. The molecule has 0 bridgehead atoms. The fraction of sp³-hybridized carbons (Fsp3) is 0.636. The molecule has 0 fully saturated rings. The van der Waals surface area contributed by atoms with Crippen molar-refractivity contribution in [2.45, 2.75) is 38.7 Å². The lowest BCUT2D eigenvalue weighted by Crippen LogP contribution is -2.40. The number of carbonyl (C=O) groups is 1. The van der Waals surface area contributed by atoms with E-state index in [1.54, 1.807) is 11.3 Å². The Hall–Kier alpha value is -0.650. The standard InChI is InChI=1S/C11H18ClN3OS/c1-7(2)15(5-10(13)16)8(3)11-14-9(4-12)6-17-11/h6-8H,4-5H2,1-3H3,(H2,13,16). The third kappa shape index (κ3) is 3.94. The van der Waals surface area contributed by atoms with Crippen LogP contribution in [0.3, 0.4) is 0 Å². The Morgan fingerprint density at radius 1 is 1.59 bits per heavy atom. The molecule has 6 heteroatoms. The highest BCUT2D eigenvalue weighted by Crippen LogP contribution is 2.25. The number of alkyl halides is 1. The number of nitrogens with zero attached hydrogens (tertiary/aromatic N) is 2. The lowest BCUT2D eigenvalue weighted by atomic mass is 10.2. The number of nitrogens with two attached hydrogens (primary N) is 1. The Morgan fingerprint density at radius 3 is 2.65 bits per heavy atom. The van der Waals surface area contributed by atoms with Crippen LogP contribution in [0.2, 0.25) is 0 Å². The molecular weight excluding hydrogens is 258 g/mol. The average Bonchev–Trinajstić information content (AvgIpc) is 2.72. The van der Waals surface area contributed by atoms with Gasteiger partial charge < -0.3 is 5.73 Å². The first-order valence-corrected chi connectivity index (χ1v) is 6.91. The third-order valence-electron chi connectivity index (χ3n) is 2.56. The van der Waals surface area contributed by atoms with Crippen LogP contribution in [0.5, 0.6) is 0 Å². The molecular formula is C11H18ClN3OS. The van der Waals surface area contributed by atoms with E-state index < -0.39 is 0 Å². The molecule has 0 spiro atoms. The first-order chi connectivity index (χ1) is 7.95. The van der Waals surface area contributed by atoms with Gasteiger partial charge in [-0.15, -0.1) is 22.9 Å². The SMILES string of the molecule is CC(C)N(CC(N)=O)C(C)c1nc(CCl)cs1. The Kier molecular flexibility index (Phi) is 5.36. The molecule has 0 aromatic carbocycles. The van der Waals surface area contributed by atoms with Crippen LogP contribution in [0.15, 0.2) is 5.38 Å². The largest absolute Gasteiger partial charge is 0.369 e. The lowest BCUT2D eigenvalue weighted by Gasteiger charge is -2.30. The van der Waals surface area contributed by atoms with Gasteiger partial charge in [0.2, 0.25) is 5.91 Å². The molecule has 0 saturated carbocycles. The molecule has 1 amide bonds. The zero-order chi connectivity index (χ0) is 13.0. The first kappa shape index (κ1) is 14.4. The van der Waals surface area contributed by atoms with Gasteiger partial charge in [-0.25, -0.2) is 4.98 Å². The minimum Gasteiger partial charge on any atom is -0.369 e. The van der Waals surface area contributed by atoms with Crippen molar-refractivity contribution >= 4 is 28.8 Å². The number of halogens is 1. The highest BCUT2D eigenvalue weighted by Gasteiger charge is 2.22. The summed E-state index contributed by atoms with van der Waals surface area (Å²) in [6.45, 7) is 6.35. The second kappa shape index (κ2) is 6.33.